The summed E-state index contributed by atoms with van der Waals surface area (Å²) in [5.74, 6) is 1.29. The molecule has 1 saturated heterocycles. The van der Waals surface area contributed by atoms with Crippen LogP contribution in [0.5, 0.6) is 0 Å². The maximum atomic E-state index is 11.8. The molecule has 0 aromatic carbocycles. The lowest BCUT2D eigenvalue weighted by Crippen LogP contribution is -2.42. The number of nitrogens with zero attached hydrogens (tertiary/aromatic N) is 3. The van der Waals surface area contributed by atoms with E-state index in [9.17, 15) is 13.6 Å². The standard InChI is InChI=1S/C13H19N7O3S/c14-12-11-9(7-15-18-13(11)21)5-10(17-12)20-3-1-8(2-4-20)6-16-19-24(22)23/h5,7-8,16,19H,1-4,6H2,(H2,14,17)(H,18,21)(H,22,23)/p-1. The van der Waals surface area contributed by atoms with Crippen LogP contribution in [0.3, 0.4) is 0 Å². The van der Waals surface area contributed by atoms with Crippen LogP contribution >= 0.6 is 0 Å². The van der Waals surface area contributed by atoms with Gasteiger partial charge in [-0.2, -0.15) is 9.93 Å². The average Bonchev–Trinajstić information content (AvgIpc) is 2.55. The van der Waals surface area contributed by atoms with Gasteiger partial charge in [0.1, 0.15) is 11.6 Å². The van der Waals surface area contributed by atoms with Crippen LogP contribution in [0, 0.1) is 5.92 Å². The molecule has 10 nitrogen and oxygen atoms in total. The quantitative estimate of drug-likeness (QED) is 0.395. The summed E-state index contributed by atoms with van der Waals surface area (Å²) >= 11 is -2.30. The monoisotopic (exact) mass is 352 g/mol. The van der Waals surface area contributed by atoms with Crippen molar-refractivity contribution in [1.29, 1.82) is 0 Å². The van der Waals surface area contributed by atoms with Crippen molar-refractivity contribution in [2.24, 2.45) is 5.92 Å². The van der Waals surface area contributed by atoms with Crippen LogP contribution < -0.4 is 26.4 Å². The molecule has 3 rings (SSSR count). The Morgan fingerprint density at radius 3 is 2.92 bits per heavy atom. The van der Waals surface area contributed by atoms with Gasteiger partial charge >= 0.3 is 0 Å². The third kappa shape index (κ3) is 3.70. The smallest absolute Gasteiger partial charge is 0.275 e. The van der Waals surface area contributed by atoms with Gasteiger partial charge < -0.3 is 15.2 Å². The number of anilines is 2. The van der Waals surface area contributed by atoms with Gasteiger partial charge in [0.15, 0.2) is 0 Å². The normalized spacial score (nSPS) is 17.3. The Bertz CT molecular complexity index is 804. The first kappa shape index (κ1) is 16.8. The first-order valence-electron chi connectivity index (χ1n) is 7.51. The summed E-state index contributed by atoms with van der Waals surface area (Å²) in [6.07, 6.45) is 3.35. The molecule has 0 spiro atoms. The zero-order valence-electron chi connectivity index (χ0n) is 12.8. The van der Waals surface area contributed by atoms with E-state index in [-0.39, 0.29) is 11.4 Å². The Labute approximate surface area is 140 Å². The highest BCUT2D eigenvalue weighted by Crippen LogP contribution is 2.25. The van der Waals surface area contributed by atoms with E-state index in [1.54, 1.807) is 6.20 Å². The molecule has 0 aliphatic carbocycles. The number of nitrogen functional groups attached to an aromatic ring is 1. The van der Waals surface area contributed by atoms with Crippen molar-refractivity contribution >= 4 is 33.7 Å². The second-order valence-electron chi connectivity index (χ2n) is 5.68. The summed E-state index contributed by atoms with van der Waals surface area (Å²) in [4.78, 5) is 20.4. The maximum absolute atomic E-state index is 11.8. The lowest BCUT2D eigenvalue weighted by atomic mass is 9.97. The Hall–Kier alpha value is -2.08. The predicted octanol–water partition coefficient (Wildman–Crippen LogP) is -0.995. The summed E-state index contributed by atoms with van der Waals surface area (Å²) in [6.45, 7) is 2.14. The molecule has 11 heteroatoms. The van der Waals surface area contributed by atoms with Crippen molar-refractivity contribution in [3.05, 3.63) is 22.6 Å². The van der Waals surface area contributed by atoms with Gasteiger partial charge in [0.2, 0.25) is 0 Å². The number of hydrogen-bond acceptors (Lipinski definition) is 8. The number of fused-ring (bicyclic) bond motifs is 1. The molecule has 0 radical (unpaired) electrons. The van der Waals surface area contributed by atoms with Crippen LogP contribution in [-0.2, 0) is 11.3 Å². The number of hydrogen-bond donors (Lipinski definition) is 4. The van der Waals surface area contributed by atoms with Crippen molar-refractivity contribution in [2.45, 2.75) is 12.8 Å². The molecule has 5 N–H and O–H groups in total. The van der Waals surface area contributed by atoms with Crippen molar-refractivity contribution < 1.29 is 8.76 Å². The number of nitrogens with one attached hydrogen (secondary N) is 3. The minimum absolute atomic E-state index is 0.192. The average molecular weight is 352 g/mol. The molecule has 1 fully saturated rings. The van der Waals surface area contributed by atoms with Crippen molar-refractivity contribution in [1.82, 2.24) is 25.4 Å². The molecule has 0 amide bonds. The number of aromatic amines is 1. The number of rotatable bonds is 5. The van der Waals surface area contributed by atoms with E-state index >= 15 is 0 Å². The van der Waals surface area contributed by atoms with Gasteiger partial charge in [0.25, 0.3) is 5.56 Å². The number of aromatic nitrogens is 3. The summed E-state index contributed by atoms with van der Waals surface area (Å²) in [5.41, 5.74) is 8.26. The van der Waals surface area contributed by atoms with Gasteiger partial charge in [-0.3, -0.25) is 9.00 Å². The molecule has 24 heavy (non-hydrogen) atoms. The highest BCUT2D eigenvalue weighted by atomic mass is 32.2. The third-order valence-corrected chi connectivity index (χ3v) is 4.46. The Morgan fingerprint density at radius 1 is 1.46 bits per heavy atom. The minimum Gasteiger partial charge on any atom is -0.759 e. The van der Waals surface area contributed by atoms with Crippen LogP contribution in [0.15, 0.2) is 17.1 Å². The Kier molecular flexibility index (Phi) is 5.04. The topological polar surface area (TPSA) is 152 Å². The molecule has 2 aromatic heterocycles. The predicted molar refractivity (Wildman–Crippen MR) is 89.6 cm³/mol. The van der Waals surface area contributed by atoms with Gasteiger partial charge in [-0.1, -0.05) is 0 Å². The fourth-order valence-corrected chi connectivity index (χ4v) is 3.11. The van der Waals surface area contributed by atoms with Crippen LogP contribution in [0.2, 0.25) is 0 Å². The molecule has 0 bridgehead atoms. The van der Waals surface area contributed by atoms with Crippen LogP contribution in [-0.4, -0.2) is 43.6 Å². The Balaban J connectivity index is 1.67. The van der Waals surface area contributed by atoms with Gasteiger partial charge in [-0.15, -0.1) is 0 Å². The second kappa shape index (κ2) is 7.21. The SMILES string of the molecule is Nc1nc(N2CCC(CNNS(=O)[O-])CC2)cc2cn[nH]c(=O)c12. The molecule has 1 aliphatic rings. The number of nitrogens with two attached hydrogens (primary N) is 1. The minimum atomic E-state index is -2.30. The van der Waals surface area contributed by atoms with E-state index in [1.807, 2.05) is 6.07 Å². The number of piperidine rings is 1. The molecular weight excluding hydrogens is 334 g/mol. The molecule has 3 heterocycles. The lowest BCUT2D eigenvalue weighted by molar-refractivity contribution is 0.373. The molecule has 1 unspecified atom stereocenters. The zero-order chi connectivity index (χ0) is 17.1. The maximum Gasteiger partial charge on any atom is 0.275 e. The van der Waals surface area contributed by atoms with Gasteiger partial charge in [-0.05, 0) is 24.8 Å². The number of H-pyrrole nitrogens is 1. The lowest BCUT2D eigenvalue weighted by Gasteiger charge is -2.33. The first-order valence-corrected chi connectivity index (χ1v) is 8.58. The highest BCUT2D eigenvalue weighted by molar-refractivity contribution is 7.76. The van der Waals surface area contributed by atoms with E-state index in [0.717, 1.165) is 31.7 Å². The summed E-state index contributed by atoms with van der Waals surface area (Å²) in [7, 11) is 0. The van der Waals surface area contributed by atoms with Gasteiger partial charge in [-0.25, -0.2) is 15.5 Å². The van der Waals surface area contributed by atoms with E-state index in [1.165, 1.54) is 0 Å². The molecular formula is C13H18N7O3S-. The van der Waals surface area contributed by atoms with Gasteiger partial charge in [0.05, 0.1) is 11.6 Å². The van der Waals surface area contributed by atoms with Crippen LogP contribution in [0.1, 0.15) is 12.8 Å². The van der Waals surface area contributed by atoms with Gasteiger partial charge in [0, 0.05) is 36.3 Å². The highest BCUT2D eigenvalue weighted by Gasteiger charge is 2.21. The van der Waals surface area contributed by atoms with E-state index in [2.05, 4.69) is 30.3 Å². The third-order valence-electron chi connectivity index (χ3n) is 4.15. The zero-order valence-corrected chi connectivity index (χ0v) is 13.6. The summed E-state index contributed by atoms with van der Waals surface area (Å²) in [6, 6.07) is 1.81. The number of pyridine rings is 1. The fraction of sp³-hybridized carbons (Fsp3) is 0.462. The summed E-state index contributed by atoms with van der Waals surface area (Å²) in [5, 5.41) is 7.16. The van der Waals surface area contributed by atoms with E-state index < -0.39 is 11.3 Å². The molecule has 1 aliphatic heterocycles. The molecule has 0 saturated carbocycles. The fourth-order valence-electron chi connectivity index (χ4n) is 2.91. The van der Waals surface area contributed by atoms with Crippen LogP contribution in [0.25, 0.3) is 10.8 Å². The van der Waals surface area contributed by atoms with E-state index in [0.29, 0.717) is 23.2 Å². The molecule has 130 valence electrons. The largest absolute Gasteiger partial charge is 0.759 e. The van der Waals surface area contributed by atoms with E-state index in [4.69, 9.17) is 5.73 Å². The molecule has 1 atom stereocenters. The van der Waals surface area contributed by atoms with Crippen LogP contribution in [0.4, 0.5) is 11.6 Å². The molecule has 2 aromatic rings. The first-order chi connectivity index (χ1) is 11.5. The second-order valence-corrected chi connectivity index (χ2v) is 6.35. The van der Waals surface area contributed by atoms with Crippen molar-refractivity contribution in [3.8, 4) is 0 Å². The van der Waals surface area contributed by atoms with Crippen molar-refractivity contribution in [3.63, 3.8) is 0 Å². The van der Waals surface area contributed by atoms with Crippen molar-refractivity contribution in [2.75, 3.05) is 30.3 Å². The number of hydrazine groups is 1. The Morgan fingerprint density at radius 2 is 2.21 bits per heavy atom. The summed E-state index contributed by atoms with van der Waals surface area (Å²) < 4.78 is 20.8.